The van der Waals surface area contributed by atoms with E-state index < -0.39 is 10.0 Å². The first-order valence-electron chi connectivity index (χ1n) is 9.06. The fourth-order valence-electron chi connectivity index (χ4n) is 3.20. The Morgan fingerprint density at radius 3 is 2.36 bits per heavy atom. The molecule has 1 fully saturated rings. The average Bonchev–Trinajstić information content (AvgIpc) is 2.69. The number of anilines is 1. The van der Waals surface area contributed by atoms with E-state index in [-0.39, 0.29) is 29.6 Å². The number of hydrogen-bond acceptors (Lipinski definition) is 5. The maximum Gasteiger partial charge on any atom is 0.254 e. The molecule has 0 bridgehead atoms. The van der Waals surface area contributed by atoms with Gasteiger partial charge in [0.1, 0.15) is 10.6 Å². The second kappa shape index (κ2) is 7.81. The normalized spacial score (nSPS) is 15.5. The Morgan fingerprint density at radius 1 is 1.04 bits per heavy atom. The molecule has 0 aromatic heterocycles. The van der Waals surface area contributed by atoms with Crippen molar-refractivity contribution >= 4 is 21.6 Å². The Balaban J connectivity index is 1.73. The van der Waals surface area contributed by atoms with E-state index in [0.29, 0.717) is 18.7 Å². The molecule has 0 unspecified atom stereocenters. The molecule has 1 saturated heterocycles. The number of phenolic OH excluding ortho intramolecular Hbond substituents is 1. The Labute approximate surface area is 165 Å². The van der Waals surface area contributed by atoms with E-state index in [4.69, 9.17) is 0 Å². The van der Waals surface area contributed by atoms with Crippen molar-refractivity contribution in [2.45, 2.75) is 11.8 Å². The maximum absolute atomic E-state index is 12.9. The van der Waals surface area contributed by atoms with Crippen molar-refractivity contribution in [1.29, 1.82) is 0 Å². The van der Waals surface area contributed by atoms with Crippen LogP contribution in [0.5, 0.6) is 5.75 Å². The van der Waals surface area contributed by atoms with Crippen LogP contribution in [0.2, 0.25) is 0 Å². The molecule has 3 rings (SSSR count). The van der Waals surface area contributed by atoms with Gasteiger partial charge in [-0.05, 0) is 42.8 Å². The number of amides is 1. The lowest BCUT2D eigenvalue weighted by molar-refractivity contribution is 0.0698. The number of carbonyl (C=O) groups excluding carboxylic acids is 1. The summed E-state index contributed by atoms with van der Waals surface area (Å²) in [5.41, 5.74) is 2.27. The van der Waals surface area contributed by atoms with Crippen molar-refractivity contribution in [3.63, 3.8) is 0 Å². The summed E-state index contributed by atoms with van der Waals surface area (Å²) in [6.07, 6.45) is 0. The van der Waals surface area contributed by atoms with E-state index >= 15 is 0 Å². The Kier molecular flexibility index (Phi) is 5.62. The molecular formula is C20H25N3O4S. The summed E-state index contributed by atoms with van der Waals surface area (Å²) in [6, 6.07) is 11.9. The largest absolute Gasteiger partial charge is 0.507 e. The Bertz CT molecular complexity index is 981. The first-order valence-corrected chi connectivity index (χ1v) is 10.5. The predicted octanol–water partition coefficient (Wildman–Crippen LogP) is 1.91. The summed E-state index contributed by atoms with van der Waals surface area (Å²) < 4.78 is 27.1. The molecule has 28 heavy (non-hydrogen) atoms. The van der Waals surface area contributed by atoms with Crippen molar-refractivity contribution < 1.29 is 18.3 Å². The van der Waals surface area contributed by atoms with E-state index in [1.165, 1.54) is 16.4 Å². The molecule has 2 aromatic carbocycles. The lowest BCUT2D eigenvalue weighted by atomic mass is 10.1. The van der Waals surface area contributed by atoms with E-state index in [1.54, 1.807) is 24.0 Å². The lowest BCUT2D eigenvalue weighted by Crippen LogP contribution is -2.50. The van der Waals surface area contributed by atoms with Crippen molar-refractivity contribution in [3.05, 3.63) is 53.6 Å². The van der Waals surface area contributed by atoms with Crippen LogP contribution < -0.4 is 4.90 Å². The van der Waals surface area contributed by atoms with Crippen LogP contribution in [0.25, 0.3) is 0 Å². The summed E-state index contributed by atoms with van der Waals surface area (Å²) in [6.45, 7) is 2.76. The number of rotatable bonds is 4. The van der Waals surface area contributed by atoms with Crippen molar-refractivity contribution in [2.24, 2.45) is 0 Å². The summed E-state index contributed by atoms with van der Waals surface area (Å²) in [4.78, 5) is 16.3. The molecule has 150 valence electrons. The zero-order valence-electron chi connectivity index (χ0n) is 16.3. The highest BCUT2D eigenvalue weighted by molar-refractivity contribution is 7.89. The summed E-state index contributed by atoms with van der Waals surface area (Å²) in [5.74, 6) is -0.372. The second-order valence-corrected chi connectivity index (χ2v) is 9.02. The molecule has 0 radical (unpaired) electrons. The van der Waals surface area contributed by atoms with E-state index in [1.807, 2.05) is 37.2 Å². The van der Waals surface area contributed by atoms with Gasteiger partial charge in [0.05, 0.1) is 0 Å². The number of phenols is 1. The molecular weight excluding hydrogens is 378 g/mol. The standard InChI is InChI=1S/C20H25N3O4S/c1-15-7-8-18(24)19(13-15)28(26,27)23-11-9-22(10-12-23)20(25)16-5-4-6-17(14-16)21(2)3/h4-8,13-14,24H,9-12H2,1-3H3. The molecule has 1 amide bonds. The third kappa shape index (κ3) is 3.98. The highest BCUT2D eigenvalue weighted by atomic mass is 32.2. The zero-order valence-corrected chi connectivity index (χ0v) is 17.1. The minimum atomic E-state index is -3.81. The van der Waals surface area contributed by atoms with Crippen LogP contribution in [0, 0.1) is 6.92 Å². The van der Waals surface area contributed by atoms with Gasteiger partial charge in [0.15, 0.2) is 0 Å². The highest BCUT2D eigenvalue weighted by Crippen LogP contribution is 2.27. The highest BCUT2D eigenvalue weighted by Gasteiger charge is 2.32. The van der Waals surface area contributed by atoms with Gasteiger partial charge in [0.2, 0.25) is 10.0 Å². The van der Waals surface area contributed by atoms with E-state index in [0.717, 1.165) is 11.3 Å². The van der Waals surface area contributed by atoms with Gasteiger partial charge < -0.3 is 14.9 Å². The van der Waals surface area contributed by atoms with E-state index in [2.05, 4.69) is 0 Å². The van der Waals surface area contributed by atoms with Crippen LogP contribution in [0.1, 0.15) is 15.9 Å². The first-order chi connectivity index (χ1) is 13.2. The fourth-order valence-corrected chi connectivity index (χ4v) is 4.79. The molecule has 0 atom stereocenters. The number of sulfonamides is 1. The minimum absolute atomic E-state index is 0.0917. The molecule has 1 aliphatic rings. The topological polar surface area (TPSA) is 81.2 Å². The van der Waals surface area contributed by atoms with Crippen LogP contribution in [0.15, 0.2) is 47.4 Å². The average molecular weight is 404 g/mol. The first kappa shape index (κ1) is 20.2. The van der Waals surface area contributed by atoms with Gasteiger partial charge in [-0.3, -0.25) is 4.79 Å². The number of carbonyl (C=O) groups is 1. The van der Waals surface area contributed by atoms with Gasteiger partial charge >= 0.3 is 0 Å². The monoisotopic (exact) mass is 403 g/mol. The Hall–Kier alpha value is -2.58. The number of aromatic hydroxyl groups is 1. The second-order valence-electron chi connectivity index (χ2n) is 7.11. The molecule has 1 heterocycles. The molecule has 7 nitrogen and oxygen atoms in total. The van der Waals surface area contributed by atoms with Crippen LogP contribution >= 0.6 is 0 Å². The van der Waals surface area contributed by atoms with Crippen LogP contribution in [-0.2, 0) is 10.0 Å². The van der Waals surface area contributed by atoms with Crippen LogP contribution in [-0.4, -0.2) is 68.9 Å². The summed E-state index contributed by atoms with van der Waals surface area (Å²) in [7, 11) is 0.0131. The Morgan fingerprint density at radius 2 is 1.71 bits per heavy atom. The van der Waals surface area contributed by atoms with Crippen molar-refractivity contribution in [1.82, 2.24) is 9.21 Å². The minimum Gasteiger partial charge on any atom is -0.507 e. The molecule has 0 spiro atoms. The fraction of sp³-hybridized carbons (Fsp3) is 0.350. The molecule has 1 N–H and O–H groups in total. The maximum atomic E-state index is 12.9. The van der Waals surface area contributed by atoms with Gasteiger partial charge in [0.25, 0.3) is 5.91 Å². The summed E-state index contributed by atoms with van der Waals surface area (Å²) in [5, 5.41) is 9.99. The lowest BCUT2D eigenvalue weighted by Gasteiger charge is -2.34. The molecule has 1 aliphatic heterocycles. The van der Waals surface area contributed by atoms with Gasteiger partial charge in [-0.15, -0.1) is 0 Å². The molecule has 2 aromatic rings. The third-order valence-corrected chi connectivity index (χ3v) is 6.80. The molecule has 8 heteroatoms. The van der Waals surface area contributed by atoms with Gasteiger partial charge in [-0.25, -0.2) is 8.42 Å². The zero-order chi connectivity index (χ0) is 20.5. The van der Waals surface area contributed by atoms with Gasteiger partial charge in [-0.2, -0.15) is 4.31 Å². The van der Waals surface area contributed by atoms with Crippen molar-refractivity contribution in [2.75, 3.05) is 45.2 Å². The molecule has 0 saturated carbocycles. The van der Waals surface area contributed by atoms with Crippen LogP contribution in [0.3, 0.4) is 0 Å². The number of benzene rings is 2. The number of nitrogens with zero attached hydrogens (tertiary/aromatic N) is 3. The van der Waals surface area contributed by atoms with Crippen molar-refractivity contribution in [3.8, 4) is 5.75 Å². The van der Waals surface area contributed by atoms with Gasteiger partial charge in [-0.1, -0.05) is 12.1 Å². The summed E-state index contributed by atoms with van der Waals surface area (Å²) >= 11 is 0. The van der Waals surface area contributed by atoms with Crippen LogP contribution in [0.4, 0.5) is 5.69 Å². The van der Waals surface area contributed by atoms with E-state index in [9.17, 15) is 18.3 Å². The predicted molar refractivity (Wildman–Crippen MR) is 108 cm³/mol. The number of hydrogen-bond donors (Lipinski definition) is 1. The number of aryl methyl sites for hydroxylation is 1. The quantitative estimate of drug-likeness (QED) is 0.844. The number of piperazine rings is 1. The molecule has 0 aliphatic carbocycles. The third-order valence-electron chi connectivity index (χ3n) is 4.87. The smallest absolute Gasteiger partial charge is 0.254 e. The SMILES string of the molecule is Cc1ccc(O)c(S(=O)(=O)N2CCN(C(=O)c3cccc(N(C)C)c3)CC2)c1. The van der Waals surface area contributed by atoms with Gasteiger partial charge in [0, 0.05) is 51.5 Å².